The minimum Gasteiger partial charge on any atom is -0.481 e. The lowest BCUT2D eigenvalue weighted by Crippen LogP contribution is -2.23. The Hall–Kier alpha value is -1.78. The molecule has 0 radical (unpaired) electrons. The number of carbonyl (C=O) groups is 1. The topological polar surface area (TPSA) is 51.7 Å². The Morgan fingerprint density at radius 3 is 3.06 bits per heavy atom. The van der Waals surface area contributed by atoms with E-state index in [9.17, 15) is 4.79 Å². The van der Waals surface area contributed by atoms with Gasteiger partial charge < -0.3 is 14.4 Å². The fraction of sp³-hybridized carbons (Fsp3) is 0.500. The minimum absolute atomic E-state index is 0.0286. The number of nitrogens with zero attached hydrogens (tertiary/aromatic N) is 2. The molecule has 0 aliphatic carbocycles. The maximum Gasteiger partial charge on any atom is 0.310 e. The molecule has 0 aromatic carbocycles. The first-order valence-electron chi connectivity index (χ1n) is 5.57. The Kier molecular flexibility index (Phi) is 3.46. The van der Waals surface area contributed by atoms with Crippen molar-refractivity contribution in [1.29, 1.82) is 0 Å². The van der Waals surface area contributed by atoms with Crippen molar-refractivity contribution in [1.82, 2.24) is 4.98 Å². The second-order valence-corrected chi connectivity index (χ2v) is 4.01. The van der Waals surface area contributed by atoms with E-state index in [1.807, 2.05) is 12.1 Å². The van der Waals surface area contributed by atoms with Crippen LogP contribution < -0.4 is 9.64 Å². The summed E-state index contributed by atoms with van der Waals surface area (Å²) >= 11 is 0. The summed E-state index contributed by atoms with van der Waals surface area (Å²) in [6.45, 7) is 1.55. The van der Waals surface area contributed by atoms with Gasteiger partial charge in [0.1, 0.15) is 0 Å². The predicted molar refractivity (Wildman–Crippen MR) is 63.1 cm³/mol. The number of esters is 1. The van der Waals surface area contributed by atoms with E-state index >= 15 is 0 Å². The van der Waals surface area contributed by atoms with Gasteiger partial charge in [0.05, 0.1) is 20.1 Å². The Morgan fingerprint density at radius 2 is 2.35 bits per heavy atom. The fourth-order valence-electron chi connectivity index (χ4n) is 2.06. The summed E-state index contributed by atoms with van der Waals surface area (Å²) in [7, 11) is 3.02. The molecule has 2 rings (SSSR count). The molecule has 1 aliphatic rings. The van der Waals surface area contributed by atoms with Gasteiger partial charge in [0.2, 0.25) is 5.88 Å². The molecule has 0 amide bonds. The van der Waals surface area contributed by atoms with Crippen molar-refractivity contribution in [3.05, 3.63) is 18.3 Å². The first kappa shape index (κ1) is 11.7. The van der Waals surface area contributed by atoms with Crippen molar-refractivity contribution in [2.75, 3.05) is 32.2 Å². The number of anilines is 1. The van der Waals surface area contributed by atoms with E-state index in [0.717, 1.165) is 18.7 Å². The molecule has 1 aromatic rings. The number of aromatic nitrogens is 1. The summed E-state index contributed by atoms with van der Waals surface area (Å²) < 4.78 is 9.84. The first-order chi connectivity index (χ1) is 8.24. The van der Waals surface area contributed by atoms with Gasteiger partial charge >= 0.3 is 5.97 Å². The maximum absolute atomic E-state index is 11.4. The summed E-state index contributed by atoms with van der Waals surface area (Å²) in [4.78, 5) is 17.6. The van der Waals surface area contributed by atoms with Crippen LogP contribution >= 0.6 is 0 Å². The number of carbonyl (C=O) groups excluding carboxylic acids is 1. The van der Waals surface area contributed by atoms with Crippen molar-refractivity contribution >= 4 is 11.7 Å². The normalized spacial score (nSPS) is 19.2. The third kappa shape index (κ3) is 2.49. The van der Waals surface area contributed by atoms with Crippen LogP contribution in [0.5, 0.6) is 5.88 Å². The van der Waals surface area contributed by atoms with E-state index in [0.29, 0.717) is 12.4 Å². The average molecular weight is 236 g/mol. The summed E-state index contributed by atoms with van der Waals surface area (Å²) in [5.74, 6) is 0.427. The van der Waals surface area contributed by atoms with Crippen LogP contribution in [0.1, 0.15) is 6.42 Å². The highest BCUT2D eigenvalue weighted by molar-refractivity contribution is 5.74. The summed E-state index contributed by atoms with van der Waals surface area (Å²) in [6, 6.07) is 3.79. The molecule has 17 heavy (non-hydrogen) atoms. The second kappa shape index (κ2) is 5.03. The van der Waals surface area contributed by atoms with Gasteiger partial charge in [-0.05, 0) is 12.5 Å². The molecule has 0 N–H and O–H groups in total. The van der Waals surface area contributed by atoms with Crippen LogP contribution in [0.2, 0.25) is 0 Å². The van der Waals surface area contributed by atoms with E-state index < -0.39 is 0 Å². The molecule has 1 aromatic heterocycles. The number of rotatable bonds is 3. The molecule has 1 fully saturated rings. The number of hydrogen-bond acceptors (Lipinski definition) is 5. The molecule has 2 heterocycles. The first-order valence-corrected chi connectivity index (χ1v) is 5.57. The smallest absolute Gasteiger partial charge is 0.310 e. The maximum atomic E-state index is 11.4. The zero-order valence-electron chi connectivity index (χ0n) is 10.0. The van der Waals surface area contributed by atoms with Gasteiger partial charge in [0, 0.05) is 31.0 Å². The fourth-order valence-corrected chi connectivity index (χ4v) is 2.06. The van der Waals surface area contributed by atoms with E-state index in [2.05, 4.69) is 9.88 Å². The van der Waals surface area contributed by atoms with Gasteiger partial charge in [-0.1, -0.05) is 0 Å². The standard InChI is InChI=1S/C12H16N2O3/c1-16-11-7-10(3-5-13-11)14-6-4-9(8-14)12(15)17-2/h3,5,7,9H,4,6,8H2,1-2H3/t9-/m1/s1. The molecule has 0 bridgehead atoms. The van der Waals surface area contributed by atoms with Crippen molar-refractivity contribution in [2.24, 2.45) is 5.92 Å². The van der Waals surface area contributed by atoms with Crippen molar-refractivity contribution in [3.8, 4) is 5.88 Å². The van der Waals surface area contributed by atoms with Crippen LogP contribution in [-0.2, 0) is 9.53 Å². The number of methoxy groups -OCH3 is 2. The molecule has 0 spiro atoms. The molecule has 1 saturated heterocycles. The third-order valence-corrected chi connectivity index (χ3v) is 3.02. The lowest BCUT2D eigenvalue weighted by atomic mass is 10.1. The number of ether oxygens (including phenoxy) is 2. The lowest BCUT2D eigenvalue weighted by Gasteiger charge is -2.18. The second-order valence-electron chi connectivity index (χ2n) is 4.01. The van der Waals surface area contributed by atoms with E-state index in [-0.39, 0.29) is 11.9 Å². The monoisotopic (exact) mass is 236 g/mol. The van der Waals surface area contributed by atoms with Crippen LogP contribution in [0.25, 0.3) is 0 Å². The highest BCUT2D eigenvalue weighted by Crippen LogP contribution is 2.26. The van der Waals surface area contributed by atoms with Gasteiger partial charge in [-0.2, -0.15) is 0 Å². The molecule has 0 saturated carbocycles. The van der Waals surface area contributed by atoms with Crippen LogP contribution in [-0.4, -0.2) is 38.3 Å². The largest absolute Gasteiger partial charge is 0.481 e. The quantitative estimate of drug-likeness (QED) is 0.735. The SMILES string of the molecule is COC(=O)[C@@H]1CCN(c2ccnc(OC)c2)C1. The summed E-state index contributed by atoms with van der Waals surface area (Å²) in [6.07, 6.45) is 2.54. The molecule has 1 atom stereocenters. The van der Waals surface area contributed by atoms with Crippen LogP contribution in [0.15, 0.2) is 18.3 Å². The molecule has 1 aliphatic heterocycles. The zero-order valence-corrected chi connectivity index (χ0v) is 10.0. The molecular weight excluding hydrogens is 220 g/mol. The van der Waals surface area contributed by atoms with Crippen molar-refractivity contribution in [2.45, 2.75) is 6.42 Å². The van der Waals surface area contributed by atoms with Crippen molar-refractivity contribution < 1.29 is 14.3 Å². The van der Waals surface area contributed by atoms with Crippen molar-refractivity contribution in [3.63, 3.8) is 0 Å². The summed E-state index contributed by atoms with van der Waals surface area (Å²) in [5, 5.41) is 0. The van der Waals surface area contributed by atoms with Crippen LogP contribution in [0.3, 0.4) is 0 Å². The van der Waals surface area contributed by atoms with Crippen LogP contribution in [0.4, 0.5) is 5.69 Å². The highest BCUT2D eigenvalue weighted by Gasteiger charge is 2.29. The van der Waals surface area contributed by atoms with Gasteiger partial charge in [0.25, 0.3) is 0 Å². The number of hydrogen-bond donors (Lipinski definition) is 0. The zero-order chi connectivity index (χ0) is 12.3. The lowest BCUT2D eigenvalue weighted by molar-refractivity contribution is -0.144. The average Bonchev–Trinajstić information content (AvgIpc) is 2.87. The molecule has 0 unspecified atom stereocenters. The van der Waals surface area contributed by atoms with Gasteiger partial charge in [0.15, 0.2) is 0 Å². The highest BCUT2D eigenvalue weighted by atomic mass is 16.5. The molecule has 92 valence electrons. The van der Waals surface area contributed by atoms with E-state index in [1.54, 1.807) is 13.3 Å². The Morgan fingerprint density at radius 1 is 1.53 bits per heavy atom. The predicted octanol–water partition coefficient (Wildman–Crippen LogP) is 1.09. The molecule has 5 heteroatoms. The Balaban J connectivity index is 2.07. The third-order valence-electron chi connectivity index (χ3n) is 3.02. The number of pyridine rings is 1. The van der Waals surface area contributed by atoms with Crippen LogP contribution in [0, 0.1) is 5.92 Å². The van der Waals surface area contributed by atoms with Gasteiger partial charge in [-0.3, -0.25) is 4.79 Å². The molecule has 5 nitrogen and oxygen atoms in total. The van der Waals surface area contributed by atoms with E-state index in [1.165, 1.54) is 7.11 Å². The van der Waals surface area contributed by atoms with E-state index in [4.69, 9.17) is 9.47 Å². The minimum atomic E-state index is -0.131. The van der Waals surface area contributed by atoms with Gasteiger partial charge in [-0.25, -0.2) is 4.98 Å². The van der Waals surface area contributed by atoms with Gasteiger partial charge in [-0.15, -0.1) is 0 Å². The molecular formula is C12H16N2O3. The Bertz CT molecular complexity index is 408. The summed E-state index contributed by atoms with van der Waals surface area (Å²) in [5.41, 5.74) is 1.03. The Labute approximate surface area is 100 Å².